The first-order chi connectivity index (χ1) is 10.8. The molecule has 1 aliphatic rings. The van der Waals surface area contributed by atoms with Crippen LogP contribution in [0.5, 0.6) is 0 Å². The van der Waals surface area contributed by atoms with Crippen LogP contribution < -0.4 is 0 Å². The zero-order chi connectivity index (χ0) is 15.4. The van der Waals surface area contributed by atoms with Crippen LogP contribution in [-0.2, 0) is 11.3 Å². The van der Waals surface area contributed by atoms with Crippen LogP contribution in [-0.4, -0.2) is 34.6 Å². The van der Waals surface area contributed by atoms with Gasteiger partial charge in [-0.05, 0) is 35.6 Å². The molecule has 0 saturated heterocycles. The predicted molar refractivity (Wildman–Crippen MR) is 89.2 cm³/mol. The van der Waals surface area contributed by atoms with Crippen molar-refractivity contribution < 1.29 is 9.13 Å². The van der Waals surface area contributed by atoms with Crippen LogP contribution in [0.4, 0.5) is 4.39 Å². The highest BCUT2D eigenvalue weighted by atomic mass is 32.2. The van der Waals surface area contributed by atoms with E-state index in [0.717, 1.165) is 22.8 Å². The van der Waals surface area contributed by atoms with Crippen LogP contribution in [0.15, 0.2) is 47.6 Å². The van der Waals surface area contributed by atoms with Crippen molar-refractivity contribution in [3.63, 3.8) is 0 Å². The van der Waals surface area contributed by atoms with E-state index < -0.39 is 0 Å². The first kappa shape index (κ1) is 15.2. The molecule has 3 rings (SSSR count). The van der Waals surface area contributed by atoms with Gasteiger partial charge in [-0.15, -0.1) is 0 Å². The van der Waals surface area contributed by atoms with Crippen LogP contribution >= 0.6 is 11.8 Å². The van der Waals surface area contributed by atoms with Gasteiger partial charge in [0.15, 0.2) is 0 Å². The number of hydrogen-bond acceptors (Lipinski definition) is 3. The molecule has 2 heterocycles. The van der Waals surface area contributed by atoms with Crippen LogP contribution in [0.1, 0.15) is 18.2 Å². The molecular formula is C17H19FN2OS. The minimum Gasteiger partial charge on any atom is -0.474 e. The highest BCUT2D eigenvalue weighted by Gasteiger charge is 2.21. The predicted octanol–water partition coefficient (Wildman–Crippen LogP) is 3.57. The van der Waals surface area contributed by atoms with E-state index in [0.29, 0.717) is 19.0 Å². The Balaban J connectivity index is 1.75. The molecule has 0 saturated carbocycles. The standard InChI is InChI=1S/C17H19FN2OS/c1-2-22-12-15-11-21-17(19-15)16-7-4-8-20(16)10-13-5-3-6-14(18)9-13/h3-9,15H,2,10-12H2,1H3. The Morgan fingerprint density at radius 1 is 1.36 bits per heavy atom. The topological polar surface area (TPSA) is 26.5 Å². The SMILES string of the molecule is CCSCC1COC(c2cccn2Cc2cccc(F)c2)=N1. The normalized spacial score (nSPS) is 17.4. The molecule has 22 heavy (non-hydrogen) atoms. The minimum absolute atomic E-state index is 0.211. The van der Waals surface area contributed by atoms with Crippen molar-refractivity contribution in [3.05, 3.63) is 59.7 Å². The van der Waals surface area contributed by atoms with E-state index in [2.05, 4.69) is 11.9 Å². The molecule has 0 radical (unpaired) electrons. The van der Waals surface area contributed by atoms with Gasteiger partial charge >= 0.3 is 0 Å². The van der Waals surface area contributed by atoms with Crippen molar-refractivity contribution in [1.29, 1.82) is 0 Å². The third kappa shape index (κ3) is 3.53. The summed E-state index contributed by atoms with van der Waals surface area (Å²) in [6, 6.07) is 10.9. The van der Waals surface area contributed by atoms with E-state index >= 15 is 0 Å². The van der Waals surface area contributed by atoms with Crippen LogP contribution in [0, 0.1) is 5.82 Å². The third-order valence-corrected chi connectivity index (χ3v) is 4.55. The fourth-order valence-electron chi connectivity index (χ4n) is 2.47. The Kier molecular flexibility index (Phi) is 4.83. The number of nitrogens with zero attached hydrogens (tertiary/aromatic N) is 2. The van der Waals surface area contributed by atoms with Gasteiger partial charge in [0.1, 0.15) is 18.1 Å². The molecular weight excluding hydrogens is 299 g/mol. The molecule has 0 N–H and O–H groups in total. The van der Waals surface area contributed by atoms with Gasteiger partial charge in [0, 0.05) is 18.5 Å². The molecule has 5 heteroatoms. The molecule has 1 aliphatic heterocycles. The first-order valence-corrected chi connectivity index (χ1v) is 8.60. The fourth-order valence-corrected chi connectivity index (χ4v) is 3.15. The number of benzene rings is 1. The molecule has 1 atom stereocenters. The lowest BCUT2D eigenvalue weighted by Gasteiger charge is -2.09. The number of thioether (sulfide) groups is 1. The average Bonchev–Trinajstić information content (AvgIpc) is 3.14. The first-order valence-electron chi connectivity index (χ1n) is 7.44. The van der Waals surface area contributed by atoms with Crippen LogP contribution in [0.3, 0.4) is 0 Å². The van der Waals surface area contributed by atoms with Crippen molar-refractivity contribution in [2.45, 2.75) is 19.5 Å². The summed E-state index contributed by atoms with van der Waals surface area (Å²) in [5, 5.41) is 0. The second-order valence-electron chi connectivity index (χ2n) is 5.21. The van der Waals surface area contributed by atoms with Gasteiger partial charge in [0.05, 0.1) is 6.04 Å². The largest absolute Gasteiger partial charge is 0.474 e. The quantitative estimate of drug-likeness (QED) is 0.814. The second kappa shape index (κ2) is 7.01. The van der Waals surface area contributed by atoms with Crippen molar-refractivity contribution >= 4 is 17.7 Å². The lowest BCUT2D eigenvalue weighted by molar-refractivity contribution is 0.323. The second-order valence-corrected chi connectivity index (χ2v) is 6.53. The zero-order valence-electron chi connectivity index (χ0n) is 12.5. The van der Waals surface area contributed by atoms with Gasteiger partial charge in [0.2, 0.25) is 5.90 Å². The molecule has 0 bridgehead atoms. The van der Waals surface area contributed by atoms with Gasteiger partial charge in [0.25, 0.3) is 0 Å². The maximum absolute atomic E-state index is 13.3. The number of hydrogen-bond donors (Lipinski definition) is 0. The minimum atomic E-state index is -0.211. The van der Waals surface area contributed by atoms with Gasteiger partial charge in [-0.1, -0.05) is 19.1 Å². The lowest BCUT2D eigenvalue weighted by atomic mass is 10.2. The molecule has 1 aromatic carbocycles. The smallest absolute Gasteiger partial charge is 0.233 e. The lowest BCUT2D eigenvalue weighted by Crippen LogP contribution is -2.11. The van der Waals surface area contributed by atoms with Crippen molar-refractivity contribution in [2.75, 3.05) is 18.1 Å². The van der Waals surface area contributed by atoms with Gasteiger partial charge in [-0.3, -0.25) is 0 Å². The Morgan fingerprint density at radius 2 is 2.27 bits per heavy atom. The maximum atomic E-state index is 13.3. The van der Waals surface area contributed by atoms with Gasteiger partial charge < -0.3 is 9.30 Å². The van der Waals surface area contributed by atoms with Gasteiger partial charge in [-0.25, -0.2) is 9.38 Å². The summed E-state index contributed by atoms with van der Waals surface area (Å²) in [5.74, 6) is 2.57. The number of halogens is 1. The van der Waals surface area contributed by atoms with E-state index in [-0.39, 0.29) is 11.9 Å². The summed E-state index contributed by atoms with van der Waals surface area (Å²) in [5.41, 5.74) is 1.88. The Labute approximate surface area is 134 Å². The van der Waals surface area contributed by atoms with E-state index in [1.54, 1.807) is 12.1 Å². The molecule has 116 valence electrons. The molecule has 0 amide bonds. The molecule has 0 fully saturated rings. The monoisotopic (exact) mass is 318 g/mol. The molecule has 0 spiro atoms. The zero-order valence-corrected chi connectivity index (χ0v) is 13.4. The summed E-state index contributed by atoms with van der Waals surface area (Å²) in [6.45, 7) is 3.40. The van der Waals surface area contributed by atoms with Crippen LogP contribution in [0.2, 0.25) is 0 Å². The maximum Gasteiger partial charge on any atom is 0.233 e. The number of aliphatic imine (C=N–C) groups is 1. The summed E-state index contributed by atoms with van der Waals surface area (Å²) >= 11 is 1.88. The molecule has 1 unspecified atom stereocenters. The molecule has 3 nitrogen and oxygen atoms in total. The Hall–Kier alpha value is -1.75. The summed E-state index contributed by atoms with van der Waals surface area (Å²) < 4.78 is 21.1. The van der Waals surface area contributed by atoms with Gasteiger partial charge in [-0.2, -0.15) is 11.8 Å². The number of aromatic nitrogens is 1. The van der Waals surface area contributed by atoms with Crippen molar-refractivity contribution in [3.8, 4) is 0 Å². The summed E-state index contributed by atoms with van der Waals surface area (Å²) in [6.07, 6.45) is 1.97. The Bertz CT molecular complexity index is 668. The van der Waals surface area contributed by atoms with Crippen molar-refractivity contribution in [2.24, 2.45) is 4.99 Å². The molecule has 2 aromatic rings. The highest BCUT2D eigenvalue weighted by Crippen LogP contribution is 2.17. The van der Waals surface area contributed by atoms with E-state index in [4.69, 9.17) is 4.74 Å². The van der Waals surface area contributed by atoms with E-state index in [1.807, 2.05) is 40.7 Å². The van der Waals surface area contributed by atoms with Crippen molar-refractivity contribution in [1.82, 2.24) is 4.57 Å². The number of rotatable bonds is 6. The summed E-state index contributed by atoms with van der Waals surface area (Å²) in [7, 11) is 0. The highest BCUT2D eigenvalue weighted by molar-refractivity contribution is 7.99. The van der Waals surface area contributed by atoms with E-state index in [9.17, 15) is 4.39 Å². The fraction of sp³-hybridized carbons (Fsp3) is 0.353. The van der Waals surface area contributed by atoms with E-state index in [1.165, 1.54) is 6.07 Å². The summed E-state index contributed by atoms with van der Waals surface area (Å²) in [4.78, 5) is 4.67. The Morgan fingerprint density at radius 3 is 3.09 bits per heavy atom. The van der Waals surface area contributed by atoms with Crippen LogP contribution in [0.25, 0.3) is 0 Å². The average molecular weight is 318 g/mol. The molecule has 0 aliphatic carbocycles. The number of ether oxygens (including phenoxy) is 1. The molecule has 1 aromatic heterocycles. The third-order valence-electron chi connectivity index (χ3n) is 3.52.